The molecule has 1 amide bonds. The van der Waals surface area contributed by atoms with E-state index in [4.69, 9.17) is 16.3 Å². The van der Waals surface area contributed by atoms with Gasteiger partial charge in [0, 0.05) is 10.7 Å². The first-order valence-electron chi connectivity index (χ1n) is 9.58. The van der Waals surface area contributed by atoms with Crippen LogP contribution in [-0.4, -0.2) is 33.5 Å². The average molecular weight is 469 g/mol. The number of halogens is 2. The van der Waals surface area contributed by atoms with Crippen molar-refractivity contribution >= 4 is 35.0 Å². The van der Waals surface area contributed by atoms with E-state index in [9.17, 15) is 9.18 Å². The molecule has 32 heavy (non-hydrogen) atoms. The van der Waals surface area contributed by atoms with E-state index < -0.39 is 5.82 Å². The minimum Gasteiger partial charge on any atom is -0.497 e. The van der Waals surface area contributed by atoms with Crippen LogP contribution in [0.15, 0.2) is 78.0 Å². The summed E-state index contributed by atoms with van der Waals surface area (Å²) in [5.74, 6) is 0.495. The number of hydrogen-bond donors (Lipinski definition) is 1. The molecule has 9 heteroatoms. The van der Waals surface area contributed by atoms with Crippen LogP contribution >= 0.6 is 23.4 Å². The Morgan fingerprint density at radius 2 is 1.78 bits per heavy atom. The van der Waals surface area contributed by atoms with Gasteiger partial charge in [0.1, 0.15) is 11.6 Å². The molecule has 6 nitrogen and oxygen atoms in total. The predicted molar refractivity (Wildman–Crippen MR) is 124 cm³/mol. The van der Waals surface area contributed by atoms with E-state index in [0.717, 1.165) is 5.69 Å². The third kappa shape index (κ3) is 4.92. The van der Waals surface area contributed by atoms with Crippen molar-refractivity contribution in [3.63, 3.8) is 0 Å². The predicted octanol–water partition coefficient (Wildman–Crippen LogP) is 5.47. The topological polar surface area (TPSA) is 69.0 Å². The van der Waals surface area contributed by atoms with Gasteiger partial charge >= 0.3 is 0 Å². The lowest BCUT2D eigenvalue weighted by Gasteiger charge is -2.11. The third-order valence-electron chi connectivity index (χ3n) is 4.54. The Kier molecular flexibility index (Phi) is 6.72. The molecular weight excluding hydrogens is 451 g/mol. The van der Waals surface area contributed by atoms with Crippen molar-refractivity contribution in [1.29, 1.82) is 0 Å². The standard InChI is InChI=1S/C23H18ClFN4O2S/c1-31-18-12-10-17(11-13-18)29-22(19-4-2-3-5-20(19)25)27-28-23(29)32-14-21(30)26-16-8-6-15(24)7-9-16/h2-13H,14H2,1H3,(H,26,30). The van der Waals surface area contributed by atoms with Gasteiger partial charge in [-0.15, -0.1) is 10.2 Å². The van der Waals surface area contributed by atoms with Crippen LogP contribution in [0.5, 0.6) is 5.75 Å². The van der Waals surface area contributed by atoms with E-state index in [1.54, 1.807) is 66.3 Å². The molecule has 0 saturated carbocycles. The molecule has 0 atom stereocenters. The Labute approximate surface area is 193 Å². The van der Waals surface area contributed by atoms with Crippen molar-refractivity contribution in [2.24, 2.45) is 0 Å². The molecule has 0 aliphatic carbocycles. The van der Waals surface area contributed by atoms with Gasteiger partial charge in [-0.05, 0) is 60.7 Å². The lowest BCUT2D eigenvalue weighted by atomic mass is 10.2. The maximum atomic E-state index is 14.5. The lowest BCUT2D eigenvalue weighted by Crippen LogP contribution is -2.14. The van der Waals surface area contributed by atoms with Crippen LogP contribution in [0.25, 0.3) is 17.1 Å². The van der Waals surface area contributed by atoms with E-state index in [1.165, 1.54) is 17.8 Å². The molecule has 0 radical (unpaired) electrons. The maximum Gasteiger partial charge on any atom is 0.234 e. The van der Waals surface area contributed by atoms with Gasteiger partial charge in [-0.1, -0.05) is 35.5 Å². The average Bonchev–Trinajstić information content (AvgIpc) is 3.23. The molecule has 0 aliphatic rings. The van der Waals surface area contributed by atoms with Crippen LogP contribution in [0.1, 0.15) is 0 Å². The van der Waals surface area contributed by atoms with Crippen molar-refractivity contribution in [2.75, 3.05) is 18.2 Å². The summed E-state index contributed by atoms with van der Waals surface area (Å²) in [4.78, 5) is 12.4. The summed E-state index contributed by atoms with van der Waals surface area (Å²) in [6.07, 6.45) is 0. The van der Waals surface area contributed by atoms with Crippen molar-refractivity contribution in [3.8, 4) is 22.8 Å². The normalized spacial score (nSPS) is 10.7. The molecule has 0 bridgehead atoms. The molecule has 0 fully saturated rings. The smallest absolute Gasteiger partial charge is 0.234 e. The van der Waals surface area contributed by atoms with Crippen LogP contribution in [0.3, 0.4) is 0 Å². The summed E-state index contributed by atoms with van der Waals surface area (Å²) in [7, 11) is 1.58. The molecule has 162 valence electrons. The van der Waals surface area contributed by atoms with Crippen LogP contribution in [0.4, 0.5) is 10.1 Å². The monoisotopic (exact) mass is 468 g/mol. The Morgan fingerprint density at radius 3 is 2.47 bits per heavy atom. The second kappa shape index (κ2) is 9.84. The summed E-state index contributed by atoms with van der Waals surface area (Å²) in [5, 5.41) is 12.3. The minimum absolute atomic E-state index is 0.0915. The molecular formula is C23H18ClFN4O2S. The highest BCUT2D eigenvalue weighted by molar-refractivity contribution is 7.99. The van der Waals surface area contributed by atoms with Crippen molar-refractivity contribution in [3.05, 3.63) is 83.6 Å². The molecule has 0 aliphatic heterocycles. The van der Waals surface area contributed by atoms with Crippen LogP contribution in [0, 0.1) is 5.82 Å². The van der Waals surface area contributed by atoms with Gasteiger partial charge in [-0.3, -0.25) is 9.36 Å². The van der Waals surface area contributed by atoms with Gasteiger partial charge in [0.05, 0.1) is 24.1 Å². The van der Waals surface area contributed by atoms with Gasteiger partial charge in [-0.25, -0.2) is 4.39 Å². The molecule has 1 heterocycles. The maximum absolute atomic E-state index is 14.5. The molecule has 0 saturated heterocycles. The molecule has 4 rings (SSSR count). The number of hydrogen-bond acceptors (Lipinski definition) is 5. The lowest BCUT2D eigenvalue weighted by molar-refractivity contribution is -0.113. The zero-order chi connectivity index (χ0) is 22.5. The van der Waals surface area contributed by atoms with E-state index in [2.05, 4.69) is 15.5 Å². The van der Waals surface area contributed by atoms with Gasteiger partial charge < -0.3 is 10.1 Å². The Morgan fingerprint density at radius 1 is 1.06 bits per heavy atom. The largest absolute Gasteiger partial charge is 0.497 e. The summed E-state index contributed by atoms with van der Waals surface area (Å²) < 4.78 is 21.4. The highest BCUT2D eigenvalue weighted by atomic mass is 35.5. The number of amides is 1. The van der Waals surface area contributed by atoms with E-state index >= 15 is 0 Å². The number of nitrogens with zero attached hydrogens (tertiary/aromatic N) is 3. The number of ether oxygens (including phenoxy) is 1. The fourth-order valence-electron chi connectivity index (χ4n) is 3.00. The van der Waals surface area contributed by atoms with E-state index in [-0.39, 0.29) is 11.7 Å². The first kappa shape index (κ1) is 21.9. The van der Waals surface area contributed by atoms with Gasteiger partial charge in [0.25, 0.3) is 0 Å². The molecule has 3 aromatic carbocycles. The Bertz CT molecular complexity index is 1230. The van der Waals surface area contributed by atoms with Gasteiger partial charge in [-0.2, -0.15) is 0 Å². The third-order valence-corrected chi connectivity index (χ3v) is 5.72. The van der Waals surface area contributed by atoms with Crippen molar-refractivity contribution < 1.29 is 13.9 Å². The first-order chi connectivity index (χ1) is 15.5. The summed E-state index contributed by atoms with van der Waals surface area (Å²) in [6.45, 7) is 0. The number of carbonyl (C=O) groups is 1. The minimum atomic E-state index is -0.410. The van der Waals surface area contributed by atoms with E-state index in [0.29, 0.717) is 33.0 Å². The van der Waals surface area contributed by atoms with E-state index in [1.807, 2.05) is 12.1 Å². The molecule has 4 aromatic rings. The number of anilines is 1. The fourth-order valence-corrected chi connectivity index (χ4v) is 3.88. The number of rotatable bonds is 7. The van der Waals surface area contributed by atoms with Crippen molar-refractivity contribution in [1.82, 2.24) is 14.8 Å². The second-order valence-corrected chi connectivity index (χ2v) is 8.04. The van der Waals surface area contributed by atoms with Gasteiger partial charge in [0.15, 0.2) is 11.0 Å². The Balaban J connectivity index is 1.62. The molecule has 0 unspecified atom stereocenters. The summed E-state index contributed by atoms with van der Waals surface area (Å²) in [6, 6.07) is 20.4. The zero-order valence-corrected chi connectivity index (χ0v) is 18.5. The highest BCUT2D eigenvalue weighted by Gasteiger charge is 2.19. The molecule has 0 spiro atoms. The highest BCUT2D eigenvalue weighted by Crippen LogP contribution is 2.30. The fraction of sp³-hybridized carbons (Fsp3) is 0.0870. The summed E-state index contributed by atoms with van der Waals surface area (Å²) in [5.41, 5.74) is 1.67. The zero-order valence-electron chi connectivity index (χ0n) is 17.0. The van der Waals surface area contributed by atoms with Crippen LogP contribution in [-0.2, 0) is 4.79 Å². The molecule has 1 N–H and O–H groups in total. The quantitative estimate of drug-likeness (QED) is 0.364. The number of carbonyl (C=O) groups excluding carboxylic acids is 1. The number of methoxy groups -OCH3 is 1. The molecule has 1 aromatic heterocycles. The first-order valence-corrected chi connectivity index (χ1v) is 10.9. The number of nitrogens with one attached hydrogen (secondary N) is 1. The van der Waals surface area contributed by atoms with Crippen LogP contribution in [0.2, 0.25) is 5.02 Å². The number of thioether (sulfide) groups is 1. The SMILES string of the molecule is COc1ccc(-n2c(SCC(=O)Nc3ccc(Cl)cc3)nnc2-c2ccccc2F)cc1. The number of benzene rings is 3. The van der Waals surface area contributed by atoms with Crippen LogP contribution < -0.4 is 10.1 Å². The Hall–Kier alpha value is -3.36. The summed E-state index contributed by atoms with van der Waals surface area (Å²) >= 11 is 7.08. The van der Waals surface area contributed by atoms with Gasteiger partial charge in [0.2, 0.25) is 5.91 Å². The van der Waals surface area contributed by atoms with Crippen molar-refractivity contribution in [2.45, 2.75) is 5.16 Å². The second-order valence-electron chi connectivity index (χ2n) is 6.66. The number of aromatic nitrogens is 3.